The van der Waals surface area contributed by atoms with Crippen LogP contribution in [0.5, 0.6) is 0 Å². The van der Waals surface area contributed by atoms with Gasteiger partial charge in [0.25, 0.3) is 0 Å². The molecule has 6 nitrogen and oxygen atoms in total. The molecule has 2 saturated carbocycles. The van der Waals surface area contributed by atoms with Crippen LogP contribution in [0.1, 0.15) is 43.7 Å². The zero-order valence-corrected chi connectivity index (χ0v) is 16.5. The fourth-order valence-corrected chi connectivity index (χ4v) is 5.49. The summed E-state index contributed by atoms with van der Waals surface area (Å²) < 4.78 is 5.00. The number of hydrogen-bond acceptors (Lipinski definition) is 4. The van der Waals surface area contributed by atoms with E-state index in [2.05, 4.69) is 43.4 Å². The highest BCUT2D eigenvalue weighted by atomic mass is 16.6. The molecule has 28 heavy (non-hydrogen) atoms. The number of aliphatic hydroxyl groups is 1. The van der Waals surface area contributed by atoms with Gasteiger partial charge in [0.05, 0.1) is 12.1 Å². The molecule has 4 aliphatic rings. The van der Waals surface area contributed by atoms with Crippen molar-refractivity contribution in [2.24, 2.45) is 17.8 Å². The maximum absolute atomic E-state index is 12.8. The first-order chi connectivity index (χ1) is 13.3. The molecule has 1 aromatic rings. The Morgan fingerprint density at radius 2 is 2.04 bits per heavy atom. The van der Waals surface area contributed by atoms with Gasteiger partial charge in [0, 0.05) is 24.4 Å². The Morgan fingerprint density at radius 1 is 1.32 bits per heavy atom. The summed E-state index contributed by atoms with van der Waals surface area (Å²) in [7, 11) is 0. The Labute approximate surface area is 165 Å². The van der Waals surface area contributed by atoms with Gasteiger partial charge < -0.3 is 20.1 Å². The number of ether oxygens (including phenoxy) is 1. The molecule has 2 heterocycles. The summed E-state index contributed by atoms with van der Waals surface area (Å²) in [4.78, 5) is 26.1. The number of benzene rings is 1. The highest BCUT2D eigenvalue weighted by molar-refractivity contribution is 5.82. The number of aliphatic hydroxyl groups excluding tert-OH is 1. The average Bonchev–Trinajstić information content (AvgIpc) is 2.98. The molecule has 2 aliphatic heterocycles. The van der Waals surface area contributed by atoms with Gasteiger partial charge in [-0.2, -0.15) is 0 Å². The van der Waals surface area contributed by atoms with Gasteiger partial charge >= 0.3 is 6.09 Å². The Balaban J connectivity index is 1.19. The Hall–Kier alpha value is -2.08. The van der Waals surface area contributed by atoms with Crippen molar-refractivity contribution in [2.45, 2.75) is 43.6 Å². The first kappa shape index (κ1) is 18.0. The first-order valence-electron chi connectivity index (χ1n) is 10.3. The minimum atomic E-state index is -0.359. The Bertz CT molecular complexity index is 818. The predicted octanol–water partition coefficient (Wildman–Crippen LogP) is 2.02. The molecular weight excluding hydrogens is 356 g/mol. The Kier molecular flexibility index (Phi) is 3.83. The van der Waals surface area contributed by atoms with Crippen LogP contribution in [0.2, 0.25) is 0 Å². The number of nitrogens with one attached hydrogen (secondary N) is 1. The van der Waals surface area contributed by atoms with E-state index < -0.39 is 0 Å². The highest BCUT2D eigenvalue weighted by Crippen LogP contribution is 2.59. The van der Waals surface area contributed by atoms with Crippen LogP contribution in [0, 0.1) is 17.8 Å². The normalized spacial score (nSPS) is 36.0. The molecule has 4 fully saturated rings. The van der Waals surface area contributed by atoms with Gasteiger partial charge in [-0.15, -0.1) is 0 Å². The third kappa shape index (κ3) is 2.72. The van der Waals surface area contributed by atoms with Crippen molar-refractivity contribution < 1.29 is 19.4 Å². The van der Waals surface area contributed by atoms with E-state index in [9.17, 15) is 14.7 Å². The van der Waals surface area contributed by atoms with E-state index in [1.165, 1.54) is 11.1 Å². The minimum Gasteiger partial charge on any atom is -0.447 e. The van der Waals surface area contributed by atoms with Crippen LogP contribution in [0.25, 0.3) is 0 Å². The average molecular weight is 384 g/mol. The zero-order chi connectivity index (χ0) is 19.7. The molecule has 1 spiro atoms. The van der Waals surface area contributed by atoms with Crippen LogP contribution in [-0.2, 0) is 14.9 Å². The van der Waals surface area contributed by atoms with Crippen LogP contribution in [0.3, 0.4) is 0 Å². The number of fused-ring (bicyclic) bond motifs is 1. The monoisotopic (exact) mass is 384 g/mol. The van der Waals surface area contributed by atoms with Gasteiger partial charge in [-0.1, -0.05) is 38.1 Å². The summed E-state index contributed by atoms with van der Waals surface area (Å²) in [5.74, 6) is 1.91. The molecule has 2 saturated heterocycles. The molecule has 0 bridgehead atoms. The summed E-state index contributed by atoms with van der Waals surface area (Å²) in [6.45, 7) is 6.32. The number of amides is 2. The lowest BCUT2D eigenvalue weighted by Gasteiger charge is -2.43. The summed E-state index contributed by atoms with van der Waals surface area (Å²) in [6, 6.07) is 8.60. The minimum absolute atomic E-state index is 0.0200. The maximum Gasteiger partial charge on any atom is 0.407 e. The molecule has 2 amide bonds. The number of carbonyl (C=O) groups excluding carboxylic acids is 2. The van der Waals surface area contributed by atoms with Gasteiger partial charge in [0.1, 0.15) is 6.61 Å². The highest BCUT2D eigenvalue weighted by Gasteiger charge is 2.59. The second kappa shape index (κ2) is 5.96. The van der Waals surface area contributed by atoms with E-state index in [1.807, 2.05) is 4.90 Å². The maximum atomic E-state index is 12.8. The number of nitrogens with zero attached hydrogens (tertiary/aromatic N) is 1. The largest absolute Gasteiger partial charge is 0.447 e. The first-order valence-corrected chi connectivity index (χ1v) is 10.3. The number of carbonyl (C=O) groups is 2. The zero-order valence-electron chi connectivity index (χ0n) is 16.5. The van der Waals surface area contributed by atoms with E-state index in [1.54, 1.807) is 0 Å². The third-order valence-corrected chi connectivity index (χ3v) is 7.42. The van der Waals surface area contributed by atoms with E-state index >= 15 is 0 Å². The standard InChI is InChI=1S/C22H28N2O4/c1-21(2,11-25)15-5-3-4-13(6-15)18-16-9-24(10-17(16)18)19(26)14-7-22(8-14)12-28-20(27)23-22/h3-6,14,16-18,25H,7-12H2,1-2H3,(H,23,27)/t14?,16-,17+,18?,22?. The van der Waals surface area contributed by atoms with Gasteiger partial charge in [-0.3, -0.25) is 4.79 Å². The lowest BCUT2D eigenvalue weighted by Crippen LogP contribution is -2.58. The van der Waals surface area contributed by atoms with Crippen molar-refractivity contribution in [3.63, 3.8) is 0 Å². The second-order valence-electron chi connectivity index (χ2n) is 9.85. The number of rotatable bonds is 4. The van der Waals surface area contributed by atoms with E-state index in [-0.39, 0.29) is 35.5 Å². The van der Waals surface area contributed by atoms with Crippen LogP contribution >= 0.6 is 0 Å². The van der Waals surface area contributed by atoms with Gasteiger partial charge in [0.2, 0.25) is 5.91 Å². The van der Waals surface area contributed by atoms with Gasteiger partial charge in [-0.25, -0.2) is 4.79 Å². The topological polar surface area (TPSA) is 78.9 Å². The molecule has 0 aromatic heterocycles. The molecule has 2 aliphatic carbocycles. The van der Waals surface area contributed by atoms with Crippen LogP contribution < -0.4 is 5.32 Å². The molecule has 1 unspecified atom stereocenters. The quantitative estimate of drug-likeness (QED) is 0.832. The third-order valence-electron chi connectivity index (χ3n) is 7.42. The number of piperidine rings is 1. The summed E-state index contributed by atoms with van der Waals surface area (Å²) >= 11 is 0. The SMILES string of the molecule is CC(C)(CO)c1cccc(C2[C@H]3CN(C(=O)C4CC5(COC(=O)N5)C4)C[C@@H]23)c1. The molecule has 6 heteroatoms. The second-order valence-corrected chi connectivity index (χ2v) is 9.85. The van der Waals surface area contributed by atoms with E-state index in [0.29, 0.717) is 37.2 Å². The van der Waals surface area contributed by atoms with Crippen molar-refractivity contribution in [2.75, 3.05) is 26.3 Å². The number of cyclic esters (lactones) is 1. The lowest BCUT2D eigenvalue weighted by molar-refractivity contribution is -0.140. The fourth-order valence-electron chi connectivity index (χ4n) is 5.49. The lowest BCUT2D eigenvalue weighted by atomic mass is 9.68. The van der Waals surface area contributed by atoms with Crippen molar-refractivity contribution in [3.8, 4) is 0 Å². The summed E-state index contributed by atoms with van der Waals surface area (Å²) in [5.41, 5.74) is 1.99. The number of alkyl carbamates (subject to hydrolysis) is 1. The molecule has 150 valence electrons. The molecule has 0 radical (unpaired) electrons. The molecule has 1 aromatic carbocycles. The van der Waals surface area contributed by atoms with Crippen molar-refractivity contribution in [1.29, 1.82) is 0 Å². The molecular formula is C22H28N2O4. The van der Waals surface area contributed by atoms with Crippen LogP contribution in [-0.4, -0.2) is 53.8 Å². The van der Waals surface area contributed by atoms with E-state index in [0.717, 1.165) is 13.1 Å². The number of likely N-dealkylation sites (tertiary alicyclic amines) is 1. The van der Waals surface area contributed by atoms with Crippen molar-refractivity contribution in [3.05, 3.63) is 35.4 Å². The Morgan fingerprint density at radius 3 is 2.64 bits per heavy atom. The number of hydrogen-bond donors (Lipinski definition) is 2. The van der Waals surface area contributed by atoms with Crippen LogP contribution in [0.4, 0.5) is 4.79 Å². The molecule has 2 N–H and O–H groups in total. The smallest absolute Gasteiger partial charge is 0.407 e. The summed E-state index contributed by atoms with van der Waals surface area (Å²) in [5, 5.41) is 12.5. The van der Waals surface area contributed by atoms with Gasteiger partial charge in [-0.05, 0) is 41.7 Å². The van der Waals surface area contributed by atoms with E-state index in [4.69, 9.17) is 4.74 Å². The predicted molar refractivity (Wildman–Crippen MR) is 103 cm³/mol. The summed E-state index contributed by atoms with van der Waals surface area (Å²) in [6.07, 6.45) is 1.04. The van der Waals surface area contributed by atoms with Crippen LogP contribution in [0.15, 0.2) is 24.3 Å². The molecule has 5 rings (SSSR count). The fraction of sp³-hybridized carbons (Fsp3) is 0.636. The molecule has 3 atom stereocenters. The van der Waals surface area contributed by atoms with Crippen molar-refractivity contribution >= 4 is 12.0 Å². The van der Waals surface area contributed by atoms with Crippen molar-refractivity contribution in [1.82, 2.24) is 10.2 Å². The van der Waals surface area contributed by atoms with Gasteiger partial charge in [0.15, 0.2) is 0 Å².